The fourth-order valence-corrected chi connectivity index (χ4v) is 3.19. The molecular weight excluding hydrogens is 408 g/mol. The highest BCUT2D eigenvalue weighted by molar-refractivity contribution is 9.10. The fraction of sp³-hybridized carbons (Fsp3) is 0.105. The standard InChI is InChI=1S/C19H14BrClO4/c1-23-17-9-11(8-15(20)18(17)24-2)7-13-10-16(25-19(13)22)12-3-5-14(21)6-4-12/h3-10H,1-2H3/b13-7+. The van der Waals surface area contributed by atoms with Gasteiger partial charge in [0.2, 0.25) is 0 Å². The largest absolute Gasteiger partial charge is 0.493 e. The van der Waals surface area contributed by atoms with Crippen molar-refractivity contribution < 1.29 is 19.0 Å². The molecule has 4 nitrogen and oxygen atoms in total. The summed E-state index contributed by atoms with van der Waals surface area (Å²) in [4.78, 5) is 12.2. The summed E-state index contributed by atoms with van der Waals surface area (Å²) in [6.45, 7) is 0. The molecule has 0 aliphatic carbocycles. The molecule has 2 aromatic rings. The molecule has 0 aromatic heterocycles. The molecule has 0 bridgehead atoms. The summed E-state index contributed by atoms with van der Waals surface area (Å²) in [5.74, 6) is 1.25. The number of rotatable bonds is 4. The molecule has 0 fully saturated rings. The lowest BCUT2D eigenvalue weighted by Crippen LogP contribution is -1.97. The van der Waals surface area contributed by atoms with Gasteiger partial charge in [-0.3, -0.25) is 0 Å². The molecule has 1 heterocycles. The molecule has 6 heteroatoms. The topological polar surface area (TPSA) is 44.8 Å². The van der Waals surface area contributed by atoms with E-state index in [-0.39, 0.29) is 0 Å². The zero-order valence-corrected chi connectivity index (χ0v) is 15.8. The van der Waals surface area contributed by atoms with Gasteiger partial charge in [0, 0.05) is 10.6 Å². The number of esters is 1. The first-order valence-electron chi connectivity index (χ1n) is 7.35. The maximum Gasteiger partial charge on any atom is 0.343 e. The lowest BCUT2D eigenvalue weighted by Gasteiger charge is -2.10. The molecule has 0 amide bonds. The summed E-state index contributed by atoms with van der Waals surface area (Å²) in [7, 11) is 3.12. The number of methoxy groups -OCH3 is 2. The molecule has 0 saturated heterocycles. The van der Waals surface area contributed by atoms with Gasteiger partial charge < -0.3 is 14.2 Å². The highest BCUT2D eigenvalue weighted by Crippen LogP contribution is 2.37. The van der Waals surface area contributed by atoms with Crippen LogP contribution in [-0.2, 0) is 9.53 Å². The number of ether oxygens (including phenoxy) is 3. The van der Waals surface area contributed by atoms with Crippen molar-refractivity contribution in [1.82, 2.24) is 0 Å². The third kappa shape index (κ3) is 3.72. The maximum absolute atomic E-state index is 12.2. The first-order valence-corrected chi connectivity index (χ1v) is 8.52. The second-order valence-electron chi connectivity index (χ2n) is 5.24. The Labute approximate surface area is 158 Å². The summed E-state index contributed by atoms with van der Waals surface area (Å²) < 4.78 is 16.7. The third-order valence-corrected chi connectivity index (χ3v) is 4.47. The van der Waals surface area contributed by atoms with Gasteiger partial charge in [-0.1, -0.05) is 11.6 Å². The van der Waals surface area contributed by atoms with Gasteiger partial charge in [-0.2, -0.15) is 0 Å². The number of hydrogen-bond donors (Lipinski definition) is 0. The Morgan fingerprint density at radius 2 is 1.84 bits per heavy atom. The zero-order chi connectivity index (χ0) is 18.0. The van der Waals surface area contributed by atoms with Crippen molar-refractivity contribution in [2.24, 2.45) is 0 Å². The number of carbonyl (C=O) groups is 1. The molecular formula is C19H14BrClO4. The molecule has 1 aliphatic heterocycles. The van der Waals surface area contributed by atoms with Crippen LogP contribution in [-0.4, -0.2) is 20.2 Å². The van der Waals surface area contributed by atoms with Gasteiger partial charge in [-0.25, -0.2) is 4.79 Å². The highest BCUT2D eigenvalue weighted by atomic mass is 79.9. The van der Waals surface area contributed by atoms with Crippen molar-refractivity contribution in [2.45, 2.75) is 0 Å². The van der Waals surface area contributed by atoms with E-state index >= 15 is 0 Å². The van der Waals surface area contributed by atoms with Crippen LogP contribution in [0.15, 0.2) is 52.5 Å². The Kier molecular flexibility index (Phi) is 5.16. The second-order valence-corrected chi connectivity index (χ2v) is 6.53. The van der Waals surface area contributed by atoms with Gasteiger partial charge in [0.15, 0.2) is 11.5 Å². The van der Waals surface area contributed by atoms with Crippen molar-refractivity contribution in [3.8, 4) is 11.5 Å². The molecule has 128 valence electrons. The van der Waals surface area contributed by atoms with Gasteiger partial charge in [-0.05, 0) is 70.0 Å². The minimum Gasteiger partial charge on any atom is -0.493 e. The second kappa shape index (κ2) is 7.33. The van der Waals surface area contributed by atoms with Crippen LogP contribution in [0.1, 0.15) is 11.1 Å². The van der Waals surface area contributed by atoms with E-state index in [1.165, 1.54) is 0 Å². The third-order valence-electron chi connectivity index (χ3n) is 3.63. The Balaban J connectivity index is 1.97. The molecule has 3 rings (SSSR count). The van der Waals surface area contributed by atoms with Crippen molar-refractivity contribution >= 4 is 45.3 Å². The first kappa shape index (κ1) is 17.6. The van der Waals surface area contributed by atoms with E-state index in [2.05, 4.69) is 15.9 Å². The van der Waals surface area contributed by atoms with E-state index in [9.17, 15) is 4.79 Å². The smallest absolute Gasteiger partial charge is 0.343 e. The minimum absolute atomic E-state index is 0.407. The molecule has 2 aromatic carbocycles. The molecule has 0 radical (unpaired) electrons. The molecule has 0 unspecified atom stereocenters. The van der Waals surface area contributed by atoms with Crippen LogP contribution < -0.4 is 9.47 Å². The van der Waals surface area contributed by atoms with Gasteiger partial charge in [0.05, 0.1) is 24.3 Å². The van der Waals surface area contributed by atoms with E-state index in [4.69, 9.17) is 25.8 Å². The van der Waals surface area contributed by atoms with Crippen LogP contribution in [0.3, 0.4) is 0 Å². The van der Waals surface area contributed by atoms with Crippen molar-refractivity contribution in [2.75, 3.05) is 14.2 Å². The van der Waals surface area contributed by atoms with E-state index in [0.29, 0.717) is 27.9 Å². The molecule has 0 atom stereocenters. The van der Waals surface area contributed by atoms with Gasteiger partial charge in [-0.15, -0.1) is 0 Å². The monoisotopic (exact) mass is 420 g/mol. The molecule has 0 spiro atoms. The summed E-state index contributed by atoms with van der Waals surface area (Å²) in [5, 5.41) is 0.625. The van der Waals surface area contributed by atoms with Crippen molar-refractivity contribution in [3.05, 3.63) is 68.7 Å². The Hall–Kier alpha value is -2.24. The maximum atomic E-state index is 12.2. The quantitative estimate of drug-likeness (QED) is 0.509. The van der Waals surface area contributed by atoms with Crippen LogP contribution in [0.2, 0.25) is 5.02 Å². The molecule has 1 aliphatic rings. The van der Waals surface area contributed by atoms with E-state index in [0.717, 1.165) is 15.6 Å². The predicted octanol–water partition coefficient (Wildman–Crippen LogP) is 5.10. The SMILES string of the molecule is COc1cc(/C=C2\C=C(c3ccc(Cl)cc3)OC2=O)cc(Br)c1OC. The highest BCUT2D eigenvalue weighted by Gasteiger charge is 2.22. The van der Waals surface area contributed by atoms with Crippen LogP contribution in [0.4, 0.5) is 0 Å². The fourth-order valence-electron chi connectivity index (χ4n) is 2.45. The Bertz CT molecular complexity index is 885. The summed E-state index contributed by atoms with van der Waals surface area (Å²) in [6.07, 6.45) is 3.44. The van der Waals surface area contributed by atoms with Crippen LogP contribution in [0, 0.1) is 0 Å². The summed E-state index contributed by atoms with van der Waals surface area (Å²) in [6, 6.07) is 10.7. The number of hydrogen-bond acceptors (Lipinski definition) is 4. The van der Waals surface area contributed by atoms with Gasteiger partial charge in [0.25, 0.3) is 0 Å². The predicted molar refractivity (Wildman–Crippen MR) is 101 cm³/mol. The van der Waals surface area contributed by atoms with E-state index < -0.39 is 5.97 Å². The lowest BCUT2D eigenvalue weighted by atomic mass is 10.1. The van der Waals surface area contributed by atoms with E-state index in [1.54, 1.807) is 56.7 Å². The van der Waals surface area contributed by atoms with Crippen molar-refractivity contribution in [3.63, 3.8) is 0 Å². The average molecular weight is 422 g/mol. The van der Waals surface area contributed by atoms with Gasteiger partial charge in [0.1, 0.15) is 5.76 Å². The lowest BCUT2D eigenvalue weighted by molar-refractivity contribution is -0.130. The van der Waals surface area contributed by atoms with E-state index in [1.807, 2.05) is 6.07 Å². The van der Waals surface area contributed by atoms with Crippen molar-refractivity contribution in [1.29, 1.82) is 0 Å². The summed E-state index contributed by atoms with van der Waals surface area (Å²) in [5.41, 5.74) is 2.02. The first-order chi connectivity index (χ1) is 12.0. The number of benzene rings is 2. The molecule has 0 saturated carbocycles. The molecule has 25 heavy (non-hydrogen) atoms. The van der Waals surface area contributed by atoms with Gasteiger partial charge >= 0.3 is 5.97 Å². The van der Waals surface area contributed by atoms with Crippen LogP contribution in [0.5, 0.6) is 11.5 Å². The Morgan fingerprint density at radius 3 is 2.48 bits per heavy atom. The number of carbonyl (C=O) groups excluding carboxylic acids is 1. The number of halogens is 2. The Morgan fingerprint density at radius 1 is 1.12 bits per heavy atom. The average Bonchev–Trinajstić information content (AvgIpc) is 2.95. The minimum atomic E-state index is -0.407. The van der Waals surface area contributed by atoms with Crippen LogP contribution >= 0.6 is 27.5 Å². The molecule has 0 N–H and O–H groups in total. The summed E-state index contributed by atoms with van der Waals surface area (Å²) >= 11 is 9.33. The van der Waals surface area contributed by atoms with Crippen LogP contribution in [0.25, 0.3) is 11.8 Å². The zero-order valence-electron chi connectivity index (χ0n) is 13.5. The normalized spacial score (nSPS) is 15.1. The number of cyclic esters (lactones) is 1.